The molecule has 0 bridgehead atoms. The minimum atomic E-state index is -4.74. The van der Waals surface area contributed by atoms with Crippen molar-refractivity contribution >= 4 is 27.0 Å². The number of aromatic nitrogens is 4. The van der Waals surface area contributed by atoms with Crippen LogP contribution in [0.2, 0.25) is 0 Å². The van der Waals surface area contributed by atoms with Crippen LogP contribution in [0, 0.1) is 6.92 Å². The molecular weight excluding hydrogens is 365 g/mol. The molecule has 0 aliphatic rings. The number of aromatic amines is 1. The molecule has 5 nitrogen and oxygen atoms in total. The van der Waals surface area contributed by atoms with Gasteiger partial charge in [0.1, 0.15) is 5.39 Å². The van der Waals surface area contributed by atoms with E-state index in [9.17, 15) is 18.0 Å². The molecule has 0 aliphatic heterocycles. The van der Waals surface area contributed by atoms with Gasteiger partial charge in [-0.05, 0) is 25.1 Å². The minimum Gasteiger partial charge on any atom is -0.302 e. The average molecular weight is 373 g/mol. The molecule has 0 spiro atoms. The molecule has 0 aliphatic carbocycles. The molecular formula is C13H8BrF3N4O. The first-order valence-corrected chi connectivity index (χ1v) is 6.89. The molecule has 2 heterocycles. The summed E-state index contributed by atoms with van der Waals surface area (Å²) in [5.41, 5.74) is -0.195. The van der Waals surface area contributed by atoms with E-state index in [-0.39, 0.29) is 11.0 Å². The molecule has 0 saturated carbocycles. The standard InChI is InChI=1S/C13H8BrF3N4O/c1-6-9-10(18-12(13(15,16)17)19-11(9)22)21(20-6)8-4-2-3-7(14)5-8/h2-5H,1H3,(H,18,19,22). The number of rotatable bonds is 1. The maximum absolute atomic E-state index is 12.8. The Morgan fingerprint density at radius 3 is 2.68 bits per heavy atom. The Bertz CT molecular complexity index is 929. The van der Waals surface area contributed by atoms with Gasteiger partial charge in [-0.25, -0.2) is 9.67 Å². The second-order valence-corrected chi connectivity index (χ2v) is 5.50. The number of hydrogen-bond donors (Lipinski definition) is 1. The molecule has 0 atom stereocenters. The summed E-state index contributed by atoms with van der Waals surface area (Å²) in [6, 6.07) is 6.80. The fraction of sp³-hybridized carbons (Fsp3) is 0.154. The molecule has 1 N–H and O–H groups in total. The number of H-pyrrole nitrogens is 1. The molecule has 0 unspecified atom stereocenters. The summed E-state index contributed by atoms with van der Waals surface area (Å²) < 4.78 is 40.4. The summed E-state index contributed by atoms with van der Waals surface area (Å²) in [7, 11) is 0. The number of nitrogens with zero attached hydrogens (tertiary/aromatic N) is 3. The van der Waals surface area contributed by atoms with Crippen molar-refractivity contribution in [1.82, 2.24) is 19.7 Å². The lowest BCUT2D eigenvalue weighted by molar-refractivity contribution is -0.144. The number of halogens is 4. The van der Waals surface area contributed by atoms with Crippen LogP contribution in [0.15, 0.2) is 33.5 Å². The normalized spacial score (nSPS) is 12.0. The van der Waals surface area contributed by atoms with Crippen LogP contribution in [-0.4, -0.2) is 19.7 Å². The van der Waals surface area contributed by atoms with E-state index >= 15 is 0 Å². The molecule has 114 valence electrons. The van der Waals surface area contributed by atoms with Crippen LogP contribution in [0.1, 0.15) is 11.5 Å². The van der Waals surface area contributed by atoms with Gasteiger partial charge >= 0.3 is 6.18 Å². The van der Waals surface area contributed by atoms with E-state index in [1.165, 1.54) is 4.68 Å². The molecule has 0 saturated heterocycles. The summed E-state index contributed by atoms with van der Waals surface area (Å²) in [6.07, 6.45) is -4.74. The number of aryl methyl sites for hydroxylation is 1. The summed E-state index contributed by atoms with van der Waals surface area (Å²) >= 11 is 3.28. The Morgan fingerprint density at radius 1 is 1.32 bits per heavy atom. The van der Waals surface area contributed by atoms with Crippen molar-refractivity contribution in [1.29, 1.82) is 0 Å². The lowest BCUT2D eigenvalue weighted by atomic mass is 10.3. The number of fused-ring (bicyclic) bond motifs is 1. The molecule has 9 heteroatoms. The number of benzene rings is 1. The molecule has 3 rings (SSSR count). The molecule has 2 aromatic heterocycles. The van der Waals surface area contributed by atoms with Gasteiger partial charge < -0.3 is 4.98 Å². The largest absolute Gasteiger partial charge is 0.449 e. The average Bonchev–Trinajstić information content (AvgIpc) is 2.75. The monoisotopic (exact) mass is 372 g/mol. The zero-order valence-corrected chi connectivity index (χ0v) is 12.7. The molecule has 3 aromatic rings. The molecule has 0 amide bonds. The van der Waals surface area contributed by atoms with Crippen molar-refractivity contribution in [2.75, 3.05) is 0 Å². The summed E-state index contributed by atoms with van der Waals surface area (Å²) in [5.74, 6) is -1.35. The second kappa shape index (κ2) is 4.94. The van der Waals surface area contributed by atoms with E-state index in [1.54, 1.807) is 36.2 Å². The van der Waals surface area contributed by atoms with Gasteiger partial charge in [0.15, 0.2) is 5.65 Å². The second-order valence-electron chi connectivity index (χ2n) is 4.59. The van der Waals surface area contributed by atoms with Gasteiger partial charge in [0.25, 0.3) is 5.56 Å². The van der Waals surface area contributed by atoms with E-state index in [1.807, 2.05) is 0 Å². The lowest BCUT2D eigenvalue weighted by Crippen LogP contribution is -2.19. The fourth-order valence-corrected chi connectivity index (χ4v) is 2.50. The third-order valence-corrected chi connectivity index (χ3v) is 3.53. The lowest BCUT2D eigenvalue weighted by Gasteiger charge is -2.07. The topological polar surface area (TPSA) is 63.6 Å². The van der Waals surface area contributed by atoms with Gasteiger partial charge in [-0.15, -0.1) is 0 Å². The molecule has 22 heavy (non-hydrogen) atoms. The fourth-order valence-electron chi connectivity index (χ4n) is 2.11. The Balaban J connectivity index is 2.37. The van der Waals surface area contributed by atoms with Crippen molar-refractivity contribution < 1.29 is 13.2 Å². The molecule has 1 aromatic carbocycles. The zero-order valence-electron chi connectivity index (χ0n) is 11.1. The summed E-state index contributed by atoms with van der Waals surface area (Å²) in [4.78, 5) is 17.2. The predicted molar refractivity (Wildman–Crippen MR) is 76.9 cm³/mol. The smallest absolute Gasteiger partial charge is 0.302 e. The third kappa shape index (κ3) is 2.41. The van der Waals surface area contributed by atoms with Crippen LogP contribution in [-0.2, 0) is 6.18 Å². The van der Waals surface area contributed by atoms with Crippen molar-refractivity contribution in [2.24, 2.45) is 0 Å². The van der Waals surface area contributed by atoms with E-state index in [2.05, 4.69) is 26.0 Å². The van der Waals surface area contributed by atoms with E-state index < -0.39 is 17.6 Å². The zero-order chi connectivity index (χ0) is 16.1. The van der Waals surface area contributed by atoms with E-state index in [0.717, 1.165) is 4.47 Å². The summed E-state index contributed by atoms with van der Waals surface area (Å²) in [5, 5.41) is 4.17. The van der Waals surface area contributed by atoms with Gasteiger partial charge in [0.2, 0.25) is 5.82 Å². The maximum Gasteiger partial charge on any atom is 0.449 e. The van der Waals surface area contributed by atoms with Gasteiger partial charge in [-0.3, -0.25) is 4.79 Å². The van der Waals surface area contributed by atoms with Gasteiger partial charge in [-0.1, -0.05) is 22.0 Å². The van der Waals surface area contributed by atoms with Gasteiger partial charge in [0, 0.05) is 4.47 Å². The highest BCUT2D eigenvalue weighted by molar-refractivity contribution is 9.10. The number of nitrogens with one attached hydrogen (secondary N) is 1. The maximum atomic E-state index is 12.8. The minimum absolute atomic E-state index is 0.0352. The SMILES string of the molecule is Cc1nn(-c2cccc(Br)c2)c2nc(C(F)(F)F)[nH]c(=O)c12. The molecule has 0 fully saturated rings. The Labute approximate surface area is 129 Å². The Hall–Kier alpha value is -2.16. The Morgan fingerprint density at radius 2 is 2.05 bits per heavy atom. The van der Waals surface area contributed by atoms with Crippen LogP contribution in [0.5, 0.6) is 0 Å². The first-order chi connectivity index (χ1) is 10.3. The summed E-state index contributed by atoms with van der Waals surface area (Å²) in [6.45, 7) is 1.54. The van der Waals surface area contributed by atoms with E-state index in [0.29, 0.717) is 11.4 Å². The third-order valence-electron chi connectivity index (χ3n) is 3.03. The van der Waals surface area contributed by atoms with Gasteiger partial charge in [0.05, 0.1) is 11.4 Å². The van der Waals surface area contributed by atoms with Gasteiger partial charge in [-0.2, -0.15) is 18.3 Å². The van der Waals surface area contributed by atoms with Crippen molar-refractivity contribution in [3.8, 4) is 5.69 Å². The first kappa shape index (κ1) is 14.8. The highest BCUT2D eigenvalue weighted by Gasteiger charge is 2.35. The quantitative estimate of drug-likeness (QED) is 0.713. The Kier molecular flexibility index (Phi) is 3.32. The van der Waals surface area contributed by atoms with Crippen LogP contribution in [0.3, 0.4) is 0 Å². The van der Waals surface area contributed by atoms with Crippen LogP contribution in [0.25, 0.3) is 16.7 Å². The van der Waals surface area contributed by atoms with Crippen molar-refractivity contribution in [2.45, 2.75) is 13.1 Å². The van der Waals surface area contributed by atoms with Crippen molar-refractivity contribution in [3.63, 3.8) is 0 Å². The number of hydrogen-bond acceptors (Lipinski definition) is 3. The van der Waals surface area contributed by atoms with Crippen LogP contribution in [0.4, 0.5) is 13.2 Å². The predicted octanol–water partition coefficient (Wildman–Crippen LogP) is 3.20. The molecule has 0 radical (unpaired) electrons. The van der Waals surface area contributed by atoms with Crippen LogP contribution >= 0.6 is 15.9 Å². The van der Waals surface area contributed by atoms with Crippen LogP contribution < -0.4 is 5.56 Å². The first-order valence-electron chi connectivity index (χ1n) is 6.10. The number of alkyl halides is 3. The van der Waals surface area contributed by atoms with Crippen molar-refractivity contribution in [3.05, 3.63) is 50.6 Å². The highest BCUT2D eigenvalue weighted by atomic mass is 79.9. The highest BCUT2D eigenvalue weighted by Crippen LogP contribution is 2.27. The van der Waals surface area contributed by atoms with E-state index in [4.69, 9.17) is 0 Å².